The number of fused-ring (bicyclic) bond motifs is 2. The maximum atomic E-state index is 14.6. The van der Waals surface area contributed by atoms with Crippen LogP contribution in [0, 0.1) is 25.5 Å². The number of amides is 5. The molecule has 0 aliphatic carbocycles. The second kappa shape index (κ2) is 13.5. The van der Waals surface area contributed by atoms with Crippen molar-refractivity contribution in [3.8, 4) is 11.1 Å². The number of rotatable bonds is 6. The Morgan fingerprint density at radius 2 is 1.61 bits per heavy atom. The van der Waals surface area contributed by atoms with Gasteiger partial charge in [-0.2, -0.15) is 0 Å². The average molecular weight is 762 g/mol. The molecule has 5 amide bonds. The molecule has 0 saturated carbocycles. The summed E-state index contributed by atoms with van der Waals surface area (Å²) in [5, 5.41) is 6.37. The van der Waals surface area contributed by atoms with Gasteiger partial charge < -0.3 is 18.9 Å². The summed E-state index contributed by atoms with van der Waals surface area (Å²) in [7, 11) is 0. The molecule has 0 spiro atoms. The summed E-state index contributed by atoms with van der Waals surface area (Å²) in [6.07, 6.45) is 2.73. The lowest BCUT2D eigenvalue weighted by atomic mass is 9.97. The Morgan fingerprint density at radius 3 is 2.34 bits per heavy atom. The Morgan fingerprint density at radius 1 is 0.804 bits per heavy atom. The van der Waals surface area contributed by atoms with E-state index in [0.29, 0.717) is 61.6 Å². The number of anilines is 2. The summed E-state index contributed by atoms with van der Waals surface area (Å²) in [4.78, 5) is 75.3. The average Bonchev–Trinajstić information content (AvgIpc) is 3.82. The quantitative estimate of drug-likeness (QED) is 0.203. The van der Waals surface area contributed by atoms with Crippen molar-refractivity contribution in [1.82, 2.24) is 24.9 Å². The van der Waals surface area contributed by atoms with Crippen molar-refractivity contribution >= 4 is 51.9 Å². The smallest absolute Gasteiger partial charge is 0.264 e. The lowest BCUT2D eigenvalue weighted by molar-refractivity contribution is -0.136. The molecule has 3 saturated heterocycles. The summed E-state index contributed by atoms with van der Waals surface area (Å²) in [6, 6.07) is 12.9. The van der Waals surface area contributed by atoms with Gasteiger partial charge in [-0.15, -0.1) is 0 Å². The molecular formula is C41H37F2N7O6. The van der Waals surface area contributed by atoms with E-state index in [-0.39, 0.29) is 48.0 Å². The number of aromatic nitrogens is 3. The van der Waals surface area contributed by atoms with Crippen LogP contribution >= 0.6 is 0 Å². The SMILES string of the molecule is Cc1noc(C)c1-c1ccc2c(c1)nc([C@@H]1CCCC(=O)N1c1ccc(F)c(F)c1)n2C1CCN(c2cccc3c2C(=O)N(C2CCC(=O)NC2=O)C3=O)CC1. The number of carbonyl (C=O) groups excluding carboxylic acids is 5. The third-order valence-electron chi connectivity index (χ3n) is 11.6. The highest BCUT2D eigenvalue weighted by molar-refractivity contribution is 6.25. The van der Waals surface area contributed by atoms with Crippen molar-refractivity contribution in [2.24, 2.45) is 0 Å². The van der Waals surface area contributed by atoms with Crippen LogP contribution < -0.4 is 15.1 Å². The molecule has 286 valence electrons. The minimum absolute atomic E-state index is 0.0315. The first-order chi connectivity index (χ1) is 27.0. The zero-order valence-corrected chi connectivity index (χ0v) is 30.7. The van der Waals surface area contributed by atoms with E-state index in [2.05, 4.69) is 19.9 Å². The predicted molar refractivity (Wildman–Crippen MR) is 199 cm³/mol. The van der Waals surface area contributed by atoms with E-state index in [1.54, 1.807) is 18.2 Å². The highest BCUT2D eigenvalue weighted by atomic mass is 19.2. The highest BCUT2D eigenvalue weighted by Crippen LogP contribution is 2.42. The largest absolute Gasteiger partial charge is 0.371 e. The molecule has 13 nitrogen and oxygen atoms in total. The molecule has 5 aromatic rings. The van der Waals surface area contributed by atoms with Gasteiger partial charge in [0.15, 0.2) is 11.6 Å². The molecule has 2 aromatic heterocycles. The van der Waals surface area contributed by atoms with E-state index in [1.807, 2.05) is 32.0 Å². The van der Waals surface area contributed by atoms with E-state index >= 15 is 0 Å². The molecule has 4 aliphatic rings. The lowest BCUT2D eigenvalue weighted by Gasteiger charge is -2.39. The Balaban J connectivity index is 1.07. The van der Waals surface area contributed by atoms with Crippen LogP contribution in [0.15, 0.2) is 59.1 Å². The number of imidazole rings is 1. The topological polar surface area (TPSA) is 151 Å². The van der Waals surface area contributed by atoms with Crippen molar-refractivity contribution < 1.29 is 37.3 Å². The standard InChI is InChI=1S/C41H37F2N7O6/c1-21-36(22(2)56-46-21)23-9-12-30-29(19-23)44-38(32-7-4-8-35(52)48(32)25-10-11-27(42)28(43)20-25)49(30)24-15-17-47(18-16-24)31-6-3-5-26-37(31)41(55)50(40(26)54)33-13-14-34(51)45-39(33)53/h3,5-6,9-12,19-20,24,32-33H,4,7-8,13-18H2,1-2H3,(H,45,51,53)/t32-,33?/m0/s1. The molecule has 56 heavy (non-hydrogen) atoms. The number of aryl methyl sites for hydroxylation is 2. The van der Waals surface area contributed by atoms with Crippen LogP contribution in [-0.4, -0.2) is 68.3 Å². The van der Waals surface area contributed by atoms with Crippen molar-refractivity contribution in [1.29, 1.82) is 0 Å². The number of imide groups is 2. The lowest BCUT2D eigenvalue weighted by Crippen LogP contribution is -2.54. The summed E-state index contributed by atoms with van der Waals surface area (Å²) < 4.78 is 36.3. The zero-order chi connectivity index (χ0) is 39.0. The second-order valence-electron chi connectivity index (χ2n) is 14.9. The van der Waals surface area contributed by atoms with Gasteiger partial charge in [-0.1, -0.05) is 17.3 Å². The third-order valence-corrected chi connectivity index (χ3v) is 11.6. The van der Waals surface area contributed by atoms with Crippen LogP contribution in [0.4, 0.5) is 20.2 Å². The summed E-state index contributed by atoms with van der Waals surface area (Å²) in [5.74, 6) is -3.17. The predicted octanol–water partition coefficient (Wildman–Crippen LogP) is 6.09. The molecule has 15 heteroatoms. The molecule has 1 N–H and O–H groups in total. The van der Waals surface area contributed by atoms with E-state index in [9.17, 15) is 32.8 Å². The molecule has 0 bridgehead atoms. The van der Waals surface area contributed by atoms with E-state index in [4.69, 9.17) is 9.51 Å². The first kappa shape index (κ1) is 35.5. The van der Waals surface area contributed by atoms with E-state index in [0.717, 1.165) is 39.4 Å². The summed E-state index contributed by atoms with van der Waals surface area (Å²) >= 11 is 0. The van der Waals surface area contributed by atoms with Gasteiger partial charge in [0.25, 0.3) is 11.8 Å². The van der Waals surface area contributed by atoms with Crippen LogP contribution in [0.2, 0.25) is 0 Å². The van der Waals surface area contributed by atoms with Gasteiger partial charge in [0, 0.05) is 49.3 Å². The first-order valence-corrected chi connectivity index (χ1v) is 18.8. The highest BCUT2D eigenvalue weighted by Gasteiger charge is 2.46. The Hall–Kier alpha value is -6.25. The molecule has 0 radical (unpaired) electrons. The Kier molecular flexibility index (Phi) is 8.54. The van der Waals surface area contributed by atoms with Crippen LogP contribution in [0.25, 0.3) is 22.2 Å². The maximum absolute atomic E-state index is 14.6. The first-order valence-electron chi connectivity index (χ1n) is 18.8. The molecular weight excluding hydrogens is 724 g/mol. The number of piperidine rings is 3. The van der Waals surface area contributed by atoms with Crippen molar-refractivity contribution in [3.05, 3.63) is 94.6 Å². The molecule has 1 unspecified atom stereocenters. The summed E-state index contributed by atoms with van der Waals surface area (Å²) in [5.41, 5.74) is 5.33. The fraction of sp³-hybridized carbons (Fsp3) is 0.341. The second-order valence-corrected chi connectivity index (χ2v) is 14.9. The third kappa shape index (κ3) is 5.66. The van der Waals surface area contributed by atoms with E-state index in [1.165, 1.54) is 11.0 Å². The molecule has 6 heterocycles. The minimum Gasteiger partial charge on any atom is -0.371 e. The summed E-state index contributed by atoms with van der Waals surface area (Å²) in [6.45, 7) is 4.74. The fourth-order valence-corrected chi connectivity index (χ4v) is 8.99. The monoisotopic (exact) mass is 761 g/mol. The molecule has 9 rings (SSSR count). The molecule has 2 atom stereocenters. The van der Waals surface area contributed by atoms with Gasteiger partial charge in [0.2, 0.25) is 17.7 Å². The van der Waals surface area contributed by atoms with Crippen molar-refractivity contribution in [2.75, 3.05) is 22.9 Å². The number of nitrogens with zero attached hydrogens (tertiary/aromatic N) is 6. The number of benzene rings is 3. The van der Waals surface area contributed by atoms with Crippen molar-refractivity contribution in [2.45, 2.75) is 76.9 Å². The Bertz CT molecular complexity index is 2480. The van der Waals surface area contributed by atoms with Gasteiger partial charge in [0.05, 0.1) is 39.6 Å². The Labute approximate surface area is 319 Å². The zero-order valence-electron chi connectivity index (χ0n) is 30.7. The maximum Gasteiger partial charge on any atom is 0.264 e. The van der Waals surface area contributed by atoms with Crippen LogP contribution in [0.1, 0.15) is 95.0 Å². The molecule has 4 aliphatic heterocycles. The van der Waals surface area contributed by atoms with Gasteiger partial charge >= 0.3 is 0 Å². The fourth-order valence-electron chi connectivity index (χ4n) is 8.99. The van der Waals surface area contributed by atoms with Gasteiger partial charge in [0.1, 0.15) is 17.6 Å². The van der Waals surface area contributed by atoms with Gasteiger partial charge in [-0.05, 0) is 87.9 Å². The van der Waals surface area contributed by atoms with E-state index < -0.39 is 47.3 Å². The normalized spacial score (nSPS) is 20.7. The minimum atomic E-state index is -1.07. The van der Waals surface area contributed by atoms with Gasteiger partial charge in [-0.3, -0.25) is 34.2 Å². The number of hydrogen-bond acceptors (Lipinski definition) is 9. The number of nitrogens with one attached hydrogen (secondary N) is 1. The number of halogens is 2. The van der Waals surface area contributed by atoms with Crippen LogP contribution in [-0.2, 0) is 14.4 Å². The van der Waals surface area contributed by atoms with Crippen LogP contribution in [0.3, 0.4) is 0 Å². The van der Waals surface area contributed by atoms with Crippen molar-refractivity contribution in [3.63, 3.8) is 0 Å². The molecule has 3 aromatic carbocycles. The van der Waals surface area contributed by atoms with Crippen LogP contribution in [0.5, 0.6) is 0 Å². The van der Waals surface area contributed by atoms with Gasteiger partial charge in [-0.25, -0.2) is 13.8 Å². The number of carbonyl (C=O) groups is 5. The number of hydrogen-bond donors (Lipinski definition) is 1. The molecule has 3 fully saturated rings.